The van der Waals surface area contributed by atoms with Crippen molar-refractivity contribution in [2.45, 2.75) is 25.0 Å². The van der Waals surface area contributed by atoms with Gasteiger partial charge < -0.3 is 24.6 Å². The van der Waals surface area contributed by atoms with Gasteiger partial charge in [0.1, 0.15) is 17.6 Å². The van der Waals surface area contributed by atoms with Crippen LogP contribution in [0.5, 0.6) is 11.5 Å². The molecule has 7 nitrogen and oxygen atoms in total. The highest BCUT2D eigenvalue weighted by molar-refractivity contribution is 5.95. The number of hydrogen-bond donors (Lipinski definition) is 2. The Morgan fingerprint density at radius 3 is 2.19 bits per heavy atom. The molecule has 0 aliphatic carbocycles. The van der Waals surface area contributed by atoms with E-state index in [1.165, 1.54) is 14.2 Å². The lowest BCUT2D eigenvalue weighted by molar-refractivity contribution is -0.150. The molecule has 1 aromatic carbocycles. The van der Waals surface area contributed by atoms with Gasteiger partial charge in [0.15, 0.2) is 6.10 Å². The van der Waals surface area contributed by atoms with Crippen LogP contribution in [0.1, 0.15) is 12.8 Å². The maximum atomic E-state index is 12.1. The smallest absolute Gasteiger partial charge is 0.332 e. The minimum atomic E-state index is -1.05. The van der Waals surface area contributed by atoms with Gasteiger partial charge in [-0.2, -0.15) is 0 Å². The molecule has 7 heteroatoms. The van der Waals surface area contributed by atoms with Crippen LogP contribution < -0.4 is 14.8 Å². The van der Waals surface area contributed by atoms with Crippen LogP contribution in [0.25, 0.3) is 0 Å². The van der Waals surface area contributed by atoms with Gasteiger partial charge in [0.2, 0.25) is 0 Å². The second-order valence-electron chi connectivity index (χ2n) is 4.62. The molecule has 1 saturated heterocycles. The maximum absolute atomic E-state index is 12.1. The van der Waals surface area contributed by atoms with E-state index in [9.17, 15) is 9.59 Å². The first-order valence-electron chi connectivity index (χ1n) is 6.45. The Balaban J connectivity index is 2.04. The van der Waals surface area contributed by atoms with Crippen LogP contribution in [-0.4, -0.2) is 43.4 Å². The van der Waals surface area contributed by atoms with Gasteiger partial charge in [-0.05, 0) is 12.8 Å². The summed E-state index contributed by atoms with van der Waals surface area (Å²) in [6.07, 6.45) is -0.970. The van der Waals surface area contributed by atoms with Crippen molar-refractivity contribution in [3.63, 3.8) is 0 Å². The number of methoxy groups -OCH3 is 2. The zero-order chi connectivity index (χ0) is 15.4. The molecule has 0 bridgehead atoms. The van der Waals surface area contributed by atoms with E-state index in [2.05, 4.69) is 5.32 Å². The molecule has 2 rings (SSSR count). The largest absolute Gasteiger partial charge is 0.497 e. The molecule has 0 aromatic heterocycles. The Morgan fingerprint density at radius 2 is 1.71 bits per heavy atom. The molecule has 21 heavy (non-hydrogen) atoms. The molecule has 1 aliphatic heterocycles. The quantitative estimate of drug-likeness (QED) is 0.849. The highest BCUT2D eigenvalue weighted by atomic mass is 16.5. The van der Waals surface area contributed by atoms with Gasteiger partial charge in [-0.25, -0.2) is 4.79 Å². The van der Waals surface area contributed by atoms with Crippen LogP contribution in [0.3, 0.4) is 0 Å². The molecule has 1 aromatic rings. The summed E-state index contributed by atoms with van der Waals surface area (Å²) in [6, 6.07) is 4.97. The summed E-state index contributed by atoms with van der Waals surface area (Å²) in [5, 5.41) is 11.5. The van der Waals surface area contributed by atoms with E-state index < -0.39 is 18.2 Å². The molecule has 1 heterocycles. The van der Waals surface area contributed by atoms with Crippen LogP contribution in [0.4, 0.5) is 5.69 Å². The number of hydrogen-bond acceptors (Lipinski definition) is 5. The van der Waals surface area contributed by atoms with Crippen LogP contribution in [0, 0.1) is 0 Å². The number of nitrogens with one attached hydrogen (secondary N) is 1. The highest BCUT2D eigenvalue weighted by Gasteiger charge is 2.34. The van der Waals surface area contributed by atoms with Crippen molar-refractivity contribution in [2.24, 2.45) is 0 Å². The minimum Gasteiger partial charge on any atom is -0.497 e. The van der Waals surface area contributed by atoms with Gasteiger partial charge >= 0.3 is 5.97 Å². The highest BCUT2D eigenvalue weighted by Crippen LogP contribution is 2.27. The number of carboxylic acids is 1. The third-order valence-electron chi connectivity index (χ3n) is 3.21. The molecule has 1 amide bonds. The first-order valence-corrected chi connectivity index (χ1v) is 6.45. The van der Waals surface area contributed by atoms with Crippen LogP contribution >= 0.6 is 0 Å². The monoisotopic (exact) mass is 295 g/mol. The van der Waals surface area contributed by atoms with E-state index in [1.54, 1.807) is 18.2 Å². The molecule has 2 atom stereocenters. The zero-order valence-electron chi connectivity index (χ0n) is 11.8. The average molecular weight is 295 g/mol. The summed E-state index contributed by atoms with van der Waals surface area (Å²) < 4.78 is 15.4. The predicted octanol–water partition coefficient (Wildman–Crippen LogP) is 1.27. The lowest BCUT2D eigenvalue weighted by Gasteiger charge is -2.13. The molecule has 0 spiro atoms. The molecular weight excluding hydrogens is 278 g/mol. The van der Waals surface area contributed by atoms with Gasteiger partial charge in [-0.15, -0.1) is 0 Å². The minimum absolute atomic E-state index is 0.328. The van der Waals surface area contributed by atoms with Gasteiger partial charge in [0, 0.05) is 23.9 Å². The first-order chi connectivity index (χ1) is 10.0. The third kappa shape index (κ3) is 3.63. The zero-order valence-corrected chi connectivity index (χ0v) is 11.8. The molecule has 2 N–H and O–H groups in total. The molecule has 1 fully saturated rings. The van der Waals surface area contributed by atoms with Crippen molar-refractivity contribution >= 4 is 17.6 Å². The molecular formula is C14H17NO6. The number of anilines is 1. The van der Waals surface area contributed by atoms with Gasteiger partial charge in [0.05, 0.1) is 14.2 Å². The number of aliphatic carboxylic acids is 1. The number of benzene rings is 1. The van der Waals surface area contributed by atoms with E-state index in [0.717, 1.165) is 0 Å². The predicted molar refractivity (Wildman–Crippen MR) is 73.7 cm³/mol. The Bertz CT molecular complexity index is 522. The molecule has 0 saturated carbocycles. The average Bonchev–Trinajstić information content (AvgIpc) is 2.97. The summed E-state index contributed by atoms with van der Waals surface area (Å²) in [6.45, 7) is 0. The van der Waals surface area contributed by atoms with Crippen molar-refractivity contribution in [1.82, 2.24) is 0 Å². The molecule has 2 unspecified atom stereocenters. The van der Waals surface area contributed by atoms with E-state index in [4.69, 9.17) is 19.3 Å². The summed E-state index contributed by atoms with van der Waals surface area (Å²) in [5.74, 6) is -0.344. The van der Waals surface area contributed by atoms with Gasteiger partial charge in [-0.3, -0.25) is 4.79 Å². The van der Waals surface area contributed by atoms with E-state index in [0.29, 0.717) is 30.0 Å². The lowest BCUT2D eigenvalue weighted by Crippen LogP contribution is -2.29. The third-order valence-corrected chi connectivity index (χ3v) is 3.21. The summed E-state index contributed by atoms with van der Waals surface area (Å²) in [5.41, 5.74) is 0.499. The van der Waals surface area contributed by atoms with E-state index in [-0.39, 0.29) is 5.91 Å². The van der Waals surface area contributed by atoms with Crippen molar-refractivity contribution < 1.29 is 28.9 Å². The number of amides is 1. The fourth-order valence-corrected chi connectivity index (χ4v) is 2.11. The number of ether oxygens (including phenoxy) is 3. The number of rotatable bonds is 5. The number of carbonyl (C=O) groups excluding carboxylic acids is 1. The van der Waals surface area contributed by atoms with Gasteiger partial charge in [0.25, 0.3) is 5.91 Å². The summed E-state index contributed by atoms with van der Waals surface area (Å²) in [7, 11) is 3.02. The summed E-state index contributed by atoms with van der Waals surface area (Å²) in [4.78, 5) is 22.9. The molecule has 114 valence electrons. The van der Waals surface area contributed by atoms with Crippen molar-refractivity contribution in [1.29, 1.82) is 0 Å². The number of carbonyl (C=O) groups is 2. The Kier molecular flexibility index (Phi) is 4.64. The standard InChI is InChI=1S/C14H17NO6/c1-19-9-5-8(6-10(7-9)20-2)15-13(16)11-3-4-12(21-11)14(17)18/h5-7,11-12H,3-4H2,1-2H3,(H,15,16)(H,17,18). The van der Waals surface area contributed by atoms with Crippen molar-refractivity contribution in [3.05, 3.63) is 18.2 Å². The Hall–Kier alpha value is -2.28. The Morgan fingerprint density at radius 1 is 1.14 bits per heavy atom. The van der Waals surface area contributed by atoms with Crippen LogP contribution in [0.15, 0.2) is 18.2 Å². The topological polar surface area (TPSA) is 94.1 Å². The first kappa shape index (κ1) is 15.1. The number of carboxylic acid groups (broad SMARTS) is 1. The summed E-state index contributed by atoms with van der Waals surface area (Å²) >= 11 is 0. The lowest BCUT2D eigenvalue weighted by atomic mass is 10.2. The molecule has 0 radical (unpaired) electrons. The SMILES string of the molecule is COc1cc(NC(=O)C2CCC(C(=O)O)O2)cc(OC)c1. The van der Waals surface area contributed by atoms with Crippen LogP contribution in [0.2, 0.25) is 0 Å². The fourth-order valence-electron chi connectivity index (χ4n) is 2.11. The normalized spacial score (nSPS) is 20.9. The second-order valence-corrected chi connectivity index (χ2v) is 4.62. The molecule has 1 aliphatic rings. The fraction of sp³-hybridized carbons (Fsp3) is 0.429. The van der Waals surface area contributed by atoms with Crippen molar-refractivity contribution in [3.8, 4) is 11.5 Å². The van der Waals surface area contributed by atoms with E-state index >= 15 is 0 Å². The van der Waals surface area contributed by atoms with E-state index in [1.807, 2.05) is 0 Å². The van der Waals surface area contributed by atoms with Gasteiger partial charge in [-0.1, -0.05) is 0 Å². The second kappa shape index (κ2) is 6.45. The Labute approximate surface area is 121 Å². The van der Waals surface area contributed by atoms with Crippen LogP contribution in [-0.2, 0) is 14.3 Å². The maximum Gasteiger partial charge on any atom is 0.332 e. The van der Waals surface area contributed by atoms with Crippen molar-refractivity contribution in [2.75, 3.05) is 19.5 Å².